The maximum absolute atomic E-state index is 12.9. The van der Waals surface area contributed by atoms with Crippen molar-refractivity contribution in [3.05, 3.63) is 34.9 Å². The molecule has 0 aliphatic carbocycles. The average molecular weight is 304 g/mol. The molecular weight excluding hydrogens is 280 g/mol. The first kappa shape index (κ1) is 14.9. The van der Waals surface area contributed by atoms with Crippen LogP contribution in [0.15, 0.2) is 18.2 Å². The van der Waals surface area contributed by atoms with Crippen LogP contribution in [0.2, 0.25) is 0 Å². The minimum Gasteiger partial charge on any atom is -0.338 e. The van der Waals surface area contributed by atoms with E-state index in [9.17, 15) is 4.79 Å². The van der Waals surface area contributed by atoms with Gasteiger partial charge in [0.1, 0.15) is 0 Å². The summed E-state index contributed by atoms with van der Waals surface area (Å²) < 4.78 is 0.287. The quantitative estimate of drug-likeness (QED) is 0.866. The Bertz CT molecular complexity index is 542. The number of hydrogen-bond acceptors (Lipinski definition) is 3. The highest BCUT2D eigenvalue weighted by molar-refractivity contribution is 8.00. The highest BCUT2D eigenvalue weighted by atomic mass is 32.2. The van der Waals surface area contributed by atoms with Crippen molar-refractivity contribution in [2.24, 2.45) is 0 Å². The summed E-state index contributed by atoms with van der Waals surface area (Å²) in [6.45, 7) is 8.17. The Hall–Kier alpha value is -1.00. The topological polar surface area (TPSA) is 32.3 Å². The van der Waals surface area contributed by atoms with E-state index in [4.69, 9.17) is 0 Å². The first-order valence-electron chi connectivity index (χ1n) is 7.81. The third kappa shape index (κ3) is 3.27. The van der Waals surface area contributed by atoms with E-state index in [2.05, 4.69) is 30.1 Å². The van der Waals surface area contributed by atoms with E-state index < -0.39 is 0 Å². The second-order valence-corrected chi connectivity index (χ2v) is 8.32. The molecule has 0 aromatic heterocycles. The van der Waals surface area contributed by atoms with E-state index in [0.717, 1.165) is 50.3 Å². The minimum atomic E-state index is 0.229. The van der Waals surface area contributed by atoms with Crippen molar-refractivity contribution in [3.63, 3.8) is 0 Å². The number of fused-ring (bicyclic) bond motifs is 1. The van der Waals surface area contributed by atoms with E-state index in [1.54, 1.807) is 0 Å². The zero-order chi connectivity index (χ0) is 14.9. The summed E-state index contributed by atoms with van der Waals surface area (Å²) >= 11 is 1.98. The molecule has 1 N–H and O–H groups in total. The lowest BCUT2D eigenvalue weighted by Crippen LogP contribution is -2.35. The van der Waals surface area contributed by atoms with Gasteiger partial charge in [-0.05, 0) is 36.6 Å². The van der Waals surface area contributed by atoms with Crippen molar-refractivity contribution < 1.29 is 4.79 Å². The fourth-order valence-corrected chi connectivity index (χ4v) is 4.23. The number of benzene rings is 1. The number of carbonyl (C=O) groups is 1. The Labute approximate surface area is 131 Å². The van der Waals surface area contributed by atoms with Crippen molar-refractivity contribution >= 4 is 17.7 Å². The van der Waals surface area contributed by atoms with E-state index in [0.29, 0.717) is 0 Å². The first-order valence-corrected chi connectivity index (χ1v) is 8.80. The maximum atomic E-state index is 12.9. The molecule has 0 saturated carbocycles. The number of amides is 1. The van der Waals surface area contributed by atoms with Gasteiger partial charge in [-0.3, -0.25) is 4.79 Å². The average Bonchev–Trinajstić information content (AvgIpc) is 2.67. The monoisotopic (exact) mass is 304 g/mol. The Balaban J connectivity index is 1.82. The standard InChI is InChI=1S/C17H24N2OS/c1-17(2)7-9-19(10-11-21-17)16(20)15-5-3-4-13-12-18-8-6-14(13)15/h3-5,18H,6-12H2,1-2H3. The molecule has 2 aliphatic heterocycles. The molecule has 0 bridgehead atoms. The summed E-state index contributed by atoms with van der Waals surface area (Å²) in [5.74, 6) is 1.27. The SMILES string of the molecule is CC1(C)CCN(C(=O)c2cccc3c2CCNC3)CCS1. The second kappa shape index (κ2) is 6.01. The van der Waals surface area contributed by atoms with Gasteiger partial charge in [0.05, 0.1) is 0 Å². The normalized spacial score (nSPS) is 21.5. The lowest BCUT2D eigenvalue weighted by atomic mass is 9.94. The molecule has 1 aromatic rings. The van der Waals surface area contributed by atoms with Gasteiger partial charge in [-0.25, -0.2) is 0 Å². The van der Waals surface area contributed by atoms with Gasteiger partial charge in [-0.15, -0.1) is 0 Å². The van der Waals surface area contributed by atoms with Crippen LogP contribution in [0.3, 0.4) is 0 Å². The van der Waals surface area contributed by atoms with Crippen molar-refractivity contribution in [3.8, 4) is 0 Å². The Morgan fingerprint density at radius 3 is 3.05 bits per heavy atom. The van der Waals surface area contributed by atoms with Crippen LogP contribution >= 0.6 is 11.8 Å². The van der Waals surface area contributed by atoms with Crippen LogP contribution in [0, 0.1) is 0 Å². The number of carbonyl (C=O) groups excluding carboxylic acids is 1. The van der Waals surface area contributed by atoms with Crippen LogP contribution in [0.5, 0.6) is 0 Å². The van der Waals surface area contributed by atoms with Gasteiger partial charge in [-0.1, -0.05) is 26.0 Å². The number of nitrogens with one attached hydrogen (secondary N) is 1. The molecule has 2 aliphatic rings. The van der Waals surface area contributed by atoms with E-state index in [1.165, 1.54) is 11.1 Å². The predicted octanol–water partition coefficient (Wildman–Crippen LogP) is 2.69. The molecule has 1 aromatic carbocycles. The van der Waals surface area contributed by atoms with Crippen molar-refractivity contribution in [1.29, 1.82) is 0 Å². The summed E-state index contributed by atoms with van der Waals surface area (Å²) in [5.41, 5.74) is 3.48. The Morgan fingerprint density at radius 1 is 1.33 bits per heavy atom. The zero-order valence-electron chi connectivity index (χ0n) is 12.9. The van der Waals surface area contributed by atoms with Crippen molar-refractivity contribution in [2.45, 2.75) is 38.0 Å². The van der Waals surface area contributed by atoms with Crippen LogP contribution in [0.4, 0.5) is 0 Å². The molecule has 1 fully saturated rings. The molecule has 114 valence electrons. The van der Waals surface area contributed by atoms with Crippen LogP contribution in [0.1, 0.15) is 41.8 Å². The van der Waals surface area contributed by atoms with Gasteiger partial charge in [0.2, 0.25) is 0 Å². The van der Waals surface area contributed by atoms with Gasteiger partial charge in [0.25, 0.3) is 5.91 Å². The fourth-order valence-electron chi connectivity index (χ4n) is 3.13. The second-order valence-electron chi connectivity index (χ2n) is 6.52. The van der Waals surface area contributed by atoms with Gasteiger partial charge < -0.3 is 10.2 Å². The van der Waals surface area contributed by atoms with Crippen LogP contribution in [-0.4, -0.2) is 40.9 Å². The minimum absolute atomic E-state index is 0.229. The van der Waals surface area contributed by atoms with Crippen molar-refractivity contribution in [2.75, 3.05) is 25.4 Å². The maximum Gasteiger partial charge on any atom is 0.254 e. The molecule has 3 rings (SSSR count). The molecule has 0 radical (unpaired) electrons. The highest BCUT2D eigenvalue weighted by Crippen LogP contribution is 2.31. The lowest BCUT2D eigenvalue weighted by molar-refractivity contribution is 0.0763. The first-order chi connectivity index (χ1) is 10.1. The van der Waals surface area contributed by atoms with Gasteiger partial charge in [-0.2, -0.15) is 11.8 Å². The summed E-state index contributed by atoms with van der Waals surface area (Å²) in [7, 11) is 0. The van der Waals surface area contributed by atoms with Crippen LogP contribution in [0.25, 0.3) is 0 Å². The zero-order valence-corrected chi connectivity index (χ0v) is 13.8. The molecule has 4 heteroatoms. The molecule has 0 atom stereocenters. The van der Waals surface area contributed by atoms with Gasteiger partial charge in [0.15, 0.2) is 0 Å². The third-order valence-electron chi connectivity index (χ3n) is 4.50. The van der Waals surface area contributed by atoms with E-state index in [-0.39, 0.29) is 10.7 Å². The lowest BCUT2D eigenvalue weighted by Gasteiger charge is -2.25. The number of nitrogens with zero attached hydrogens (tertiary/aromatic N) is 1. The predicted molar refractivity (Wildman–Crippen MR) is 88.9 cm³/mol. The number of rotatable bonds is 1. The van der Waals surface area contributed by atoms with E-state index >= 15 is 0 Å². The molecule has 3 nitrogen and oxygen atoms in total. The molecular formula is C17H24N2OS. The summed E-state index contributed by atoms with van der Waals surface area (Å²) in [6, 6.07) is 6.17. The fraction of sp³-hybridized carbons (Fsp3) is 0.588. The molecule has 21 heavy (non-hydrogen) atoms. The molecule has 2 heterocycles. The van der Waals surface area contributed by atoms with Crippen molar-refractivity contribution in [1.82, 2.24) is 10.2 Å². The highest BCUT2D eigenvalue weighted by Gasteiger charge is 2.28. The third-order valence-corrected chi connectivity index (χ3v) is 5.87. The van der Waals surface area contributed by atoms with Crippen LogP contribution < -0.4 is 5.32 Å². The van der Waals surface area contributed by atoms with Crippen LogP contribution in [-0.2, 0) is 13.0 Å². The van der Waals surface area contributed by atoms with E-state index in [1.807, 2.05) is 23.9 Å². The Kier molecular flexibility index (Phi) is 4.27. The number of hydrogen-bond donors (Lipinski definition) is 1. The molecule has 1 amide bonds. The molecule has 0 spiro atoms. The Morgan fingerprint density at radius 2 is 2.19 bits per heavy atom. The molecule has 0 unspecified atom stereocenters. The van der Waals surface area contributed by atoms with Gasteiger partial charge in [0, 0.05) is 35.7 Å². The summed E-state index contributed by atoms with van der Waals surface area (Å²) in [5, 5.41) is 3.38. The number of thioether (sulfide) groups is 1. The summed E-state index contributed by atoms with van der Waals surface area (Å²) in [6.07, 6.45) is 2.03. The molecule has 1 saturated heterocycles. The summed E-state index contributed by atoms with van der Waals surface area (Å²) in [4.78, 5) is 15.0. The van der Waals surface area contributed by atoms with Gasteiger partial charge >= 0.3 is 0 Å². The smallest absolute Gasteiger partial charge is 0.254 e. The largest absolute Gasteiger partial charge is 0.338 e.